The Morgan fingerprint density at radius 3 is 2.31 bits per heavy atom. The molecule has 3 unspecified atom stereocenters. The number of rotatable bonds is 4. The number of amides is 2. The molecule has 29 heavy (non-hydrogen) atoms. The lowest BCUT2D eigenvalue weighted by atomic mass is 9.64. The molecule has 1 aromatic heterocycles. The zero-order valence-electron chi connectivity index (χ0n) is 17.8. The number of aromatic nitrogens is 2. The molecule has 6 aliphatic rings. The molecule has 158 valence electrons. The predicted octanol–water partition coefficient (Wildman–Crippen LogP) is 3.24. The summed E-state index contributed by atoms with van der Waals surface area (Å²) in [6.45, 7) is 6.37. The van der Waals surface area contributed by atoms with Crippen molar-refractivity contribution in [3.05, 3.63) is 17.5 Å². The first kappa shape index (κ1) is 19.1. The highest BCUT2D eigenvalue weighted by molar-refractivity contribution is 5.95. The van der Waals surface area contributed by atoms with Crippen molar-refractivity contribution >= 4 is 11.8 Å². The summed E-state index contributed by atoms with van der Waals surface area (Å²) in [6.07, 6.45) is 11.0. The van der Waals surface area contributed by atoms with Crippen molar-refractivity contribution in [2.45, 2.75) is 83.8 Å². The first-order chi connectivity index (χ1) is 14.1. The molecule has 4 bridgehead atoms. The van der Waals surface area contributed by atoms with Gasteiger partial charge in [-0.2, -0.15) is 5.10 Å². The van der Waals surface area contributed by atoms with Gasteiger partial charge in [0, 0.05) is 43.3 Å². The number of carbonyl (C=O) groups is 2. The molecule has 3 atom stereocenters. The van der Waals surface area contributed by atoms with Crippen LogP contribution >= 0.6 is 0 Å². The molecule has 0 N–H and O–H groups in total. The third-order valence-electron chi connectivity index (χ3n) is 8.21. The Hall–Kier alpha value is -1.85. The van der Waals surface area contributed by atoms with Crippen molar-refractivity contribution in [1.82, 2.24) is 19.6 Å². The summed E-state index contributed by atoms with van der Waals surface area (Å²) in [7, 11) is 0. The molecule has 2 amide bonds. The SMILES string of the molecule is CCCn1ncc(C(=O)N2CC3CCC2CN3C(=O)C2CC3CCC2CC3)c1C. The first-order valence-electron chi connectivity index (χ1n) is 11.7. The molecule has 0 radical (unpaired) electrons. The monoisotopic (exact) mass is 398 g/mol. The minimum Gasteiger partial charge on any atom is -0.336 e. The Kier molecular flexibility index (Phi) is 4.91. The van der Waals surface area contributed by atoms with Crippen LogP contribution in [0.15, 0.2) is 6.20 Å². The standard InChI is InChI=1S/C23H34N4O2/c1-3-10-27-15(2)21(12-24-27)23(29)26-14-18-8-9-19(26)13-25(18)22(28)20-11-16-4-6-17(20)7-5-16/h12,16-20H,3-11,13-14H2,1-2H3. The van der Waals surface area contributed by atoms with E-state index < -0.39 is 0 Å². The van der Waals surface area contributed by atoms with Crippen LogP contribution in [0.5, 0.6) is 0 Å². The van der Waals surface area contributed by atoms with Gasteiger partial charge in [0.05, 0.1) is 11.8 Å². The van der Waals surface area contributed by atoms with E-state index in [1.807, 2.05) is 16.5 Å². The molecule has 6 fully saturated rings. The Bertz CT molecular complexity index is 795. The molecule has 1 aromatic rings. The Labute approximate surface area is 173 Å². The van der Waals surface area contributed by atoms with Crippen LogP contribution in [0.1, 0.15) is 74.3 Å². The molecule has 7 rings (SSSR count). The maximum Gasteiger partial charge on any atom is 0.257 e. The minimum atomic E-state index is 0.100. The zero-order valence-corrected chi connectivity index (χ0v) is 17.8. The number of hydrogen-bond donors (Lipinski definition) is 0. The second-order valence-electron chi connectivity index (χ2n) is 9.82. The van der Waals surface area contributed by atoms with E-state index >= 15 is 0 Å². The molecule has 6 heteroatoms. The Balaban J connectivity index is 1.29. The molecular weight excluding hydrogens is 364 g/mol. The highest BCUT2D eigenvalue weighted by atomic mass is 16.2. The lowest BCUT2D eigenvalue weighted by Crippen LogP contribution is -2.66. The van der Waals surface area contributed by atoms with E-state index in [4.69, 9.17) is 0 Å². The van der Waals surface area contributed by atoms with Gasteiger partial charge in [0.1, 0.15) is 0 Å². The third-order valence-corrected chi connectivity index (χ3v) is 8.21. The van der Waals surface area contributed by atoms with Crippen molar-refractivity contribution in [3.8, 4) is 0 Å². The lowest BCUT2D eigenvalue weighted by Gasteiger charge is -2.53. The summed E-state index contributed by atoms with van der Waals surface area (Å²) in [5.41, 5.74) is 1.69. The number of aryl methyl sites for hydroxylation is 1. The normalized spacial score (nSPS) is 33.4. The van der Waals surface area contributed by atoms with Gasteiger partial charge in [-0.25, -0.2) is 0 Å². The van der Waals surface area contributed by atoms with Gasteiger partial charge in [0.2, 0.25) is 5.91 Å². The highest BCUT2D eigenvalue weighted by Crippen LogP contribution is 2.46. The first-order valence-corrected chi connectivity index (χ1v) is 11.7. The van der Waals surface area contributed by atoms with E-state index in [0.29, 0.717) is 18.4 Å². The van der Waals surface area contributed by atoms with Crippen molar-refractivity contribution in [1.29, 1.82) is 0 Å². The van der Waals surface area contributed by atoms with Gasteiger partial charge < -0.3 is 9.80 Å². The van der Waals surface area contributed by atoms with Gasteiger partial charge in [0.15, 0.2) is 0 Å². The number of fused-ring (bicyclic) bond motifs is 6. The summed E-state index contributed by atoms with van der Waals surface area (Å²) in [6, 6.07) is 0.356. The van der Waals surface area contributed by atoms with Crippen molar-refractivity contribution in [2.24, 2.45) is 17.8 Å². The topological polar surface area (TPSA) is 58.4 Å². The van der Waals surface area contributed by atoms with E-state index in [9.17, 15) is 9.59 Å². The van der Waals surface area contributed by atoms with E-state index in [0.717, 1.165) is 55.9 Å². The zero-order chi connectivity index (χ0) is 20.1. The average Bonchev–Trinajstić information content (AvgIpc) is 3.14. The number of carbonyl (C=O) groups excluding carboxylic acids is 2. The number of piperazine rings is 1. The van der Waals surface area contributed by atoms with Gasteiger partial charge in [-0.05, 0) is 57.3 Å². The van der Waals surface area contributed by atoms with E-state index in [2.05, 4.69) is 16.9 Å². The van der Waals surface area contributed by atoms with Crippen LogP contribution in [0.25, 0.3) is 0 Å². The predicted molar refractivity (Wildman–Crippen MR) is 110 cm³/mol. The van der Waals surface area contributed by atoms with Crippen LogP contribution in [0.3, 0.4) is 0 Å². The molecular formula is C23H34N4O2. The van der Waals surface area contributed by atoms with Crippen LogP contribution in [-0.2, 0) is 11.3 Å². The van der Waals surface area contributed by atoms with E-state index in [-0.39, 0.29) is 23.9 Å². The summed E-state index contributed by atoms with van der Waals surface area (Å²) in [5, 5.41) is 4.41. The molecule has 4 heterocycles. The van der Waals surface area contributed by atoms with Gasteiger partial charge in [-0.1, -0.05) is 19.8 Å². The molecule has 3 aliphatic carbocycles. The van der Waals surface area contributed by atoms with Crippen molar-refractivity contribution < 1.29 is 9.59 Å². The lowest BCUT2D eigenvalue weighted by molar-refractivity contribution is -0.150. The second-order valence-corrected chi connectivity index (χ2v) is 9.82. The van der Waals surface area contributed by atoms with Crippen molar-refractivity contribution in [2.75, 3.05) is 13.1 Å². The van der Waals surface area contributed by atoms with Crippen LogP contribution in [0.2, 0.25) is 0 Å². The summed E-state index contributed by atoms with van der Waals surface area (Å²) in [5.74, 6) is 2.13. The van der Waals surface area contributed by atoms with Crippen LogP contribution in [-0.4, -0.2) is 56.6 Å². The van der Waals surface area contributed by atoms with Crippen LogP contribution < -0.4 is 0 Å². The molecule has 0 aromatic carbocycles. The fourth-order valence-electron chi connectivity index (χ4n) is 6.49. The summed E-state index contributed by atoms with van der Waals surface area (Å²) < 4.78 is 1.93. The number of hydrogen-bond acceptors (Lipinski definition) is 3. The number of nitrogens with zero attached hydrogens (tertiary/aromatic N) is 4. The molecule has 3 saturated heterocycles. The quantitative estimate of drug-likeness (QED) is 0.782. The largest absolute Gasteiger partial charge is 0.336 e. The van der Waals surface area contributed by atoms with Gasteiger partial charge in [0.25, 0.3) is 5.91 Å². The third kappa shape index (κ3) is 3.19. The summed E-state index contributed by atoms with van der Waals surface area (Å²) in [4.78, 5) is 30.9. The smallest absolute Gasteiger partial charge is 0.257 e. The van der Waals surface area contributed by atoms with Crippen molar-refractivity contribution in [3.63, 3.8) is 0 Å². The average molecular weight is 399 g/mol. The maximum absolute atomic E-state index is 13.4. The molecule has 6 nitrogen and oxygen atoms in total. The fourth-order valence-corrected chi connectivity index (χ4v) is 6.49. The number of piperidine rings is 2. The Morgan fingerprint density at radius 1 is 1.03 bits per heavy atom. The van der Waals surface area contributed by atoms with Gasteiger partial charge in [-0.3, -0.25) is 14.3 Å². The summed E-state index contributed by atoms with van der Waals surface area (Å²) >= 11 is 0. The van der Waals surface area contributed by atoms with Gasteiger partial charge in [-0.15, -0.1) is 0 Å². The van der Waals surface area contributed by atoms with E-state index in [1.165, 1.54) is 25.7 Å². The minimum absolute atomic E-state index is 0.100. The molecule has 0 spiro atoms. The molecule has 3 aliphatic heterocycles. The molecule has 3 saturated carbocycles. The Morgan fingerprint density at radius 2 is 1.72 bits per heavy atom. The van der Waals surface area contributed by atoms with Crippen LogP contribution in [0.4, 0.5) is 0 Å². The van der Waals surface area contributed by atoms with Crippen LogP contribution in [0, 0.1) is 24.7 Å². The highest BCUT2D eigenvalue weighted by Gasteiger charge is 2.47. The second kappa shape index (κ2) is 7.44. The maximum atomic E-state index is 13.4. The fraction of sp³-hybridized carbons (Fsp3) is 0.783. The van der Waals surface area contributed by atoms with Gasteiger partial charge >= 0.3 is 0 Å². The van der Waals surface area contributed by atoms with E-state index in [1.54, 1.807) is 6.20 Å².